The number of nitrogens with one attached hydrogen (secondary N) is 1. The number of benzene rings is 1. The molecule has 0 bridgehead atoms. The SMILES string of the molecule is Cc1ccc(F)c(C(=O)NCCCN2CCCCC2)c1. The van der Waals surface area contributed by atoms with Crippen LogP contribution in [0.3, 0.4) is 0 Å². The molecular weight excluding hydrogens is 255 g/mol. The minimum absolute atomic E-state index is 0.142. The van der Waals surface area contributed by atoms with Crippen molar-refractivity contribution in [1.29, 1.82) is 0 Å². The normalized spacial score (nSPS) is 16.1. The molecule has 1 saturated heterocycles. The van der Waals surface area contributed by atoms with Gasteiger partial charge in [0.1, 0.15) is 5.82 Å². The van der Waals surface area contributed by atoms with Crippen molar-refractivity contribution in [3.05, 3.63) is 35.1 Å². The molecule has 0 unspecified atom stereocenters. The average Bonchev–Trinajstić information content (AvgIpc) is 2.47. The molecule has 1 aromatic carbocycles. The predicted molar refractivity (Wildman–Crippen MR) is 78.4 cm³/mol. The minimum atomic E-state index is -0.455. The average molecular weight is 278 g/mol. The second-order valence-corrected chi connectivity index (χ2v) is 5.50. The van der Waals surface area contributed by atoms with Crippen LogP contribution >= 0.6 is 0 Å². The van der Waals surface area contributed by atoms with Gasteiger partial charge in [0.15, 0.2) is 0 Å². The lowest BCUT2D eigenvalue weighted by Crippen LogP contribution is -2.33. The summed E-state index contributed by atoms with van der Waals surface area (Å²) in [7, 11) is 0. The standard InChI is InChI=1S/C16H23FN2O/c1-13-6-7-15(17)14(12-13)16(20)18-8-5-11-19-9-3-2-4-10-19/h6-7,12H,2-5,8-11H2,1H3,(H,18,20). The van der Waals surface area contributed by atoms with Crippen molar-refractivity contribution in [1.82, 2.24) is 10.2 Å². The Hall–Kier alpha value is -1.42. The Kier molecular flexibility index (Phi) is 5.53. The van der Waals surface area contributed by atoms with Crippen molar-refractivity contribution in [3.8, 4) is 0 Å². The molecule has 3 nitrogen and oxygen atoms in total. The molecule has 1 aromatic rings. The molecule has 2 rings (SSSR count). The third-order valence-electron chi connectivity index (χ3n) is 3.75. The van der Waals surface area contributed by atoms with E-state index in [0.29, 0.717) is 6.54 Å². The van der Waals surface area contributed by atoms with E-state index in [-0.39, 0.29) is 11.5 Å². The third kappa shape index (κ3) is 4.30. The Morgan fingerprint density at radius 3 is 2.80 bits per heavy atom. The molecule has 0 saturated carbocycles. The molecule has 0 aromatic heterocycles. The molecule has 20 heavy (non-hydrogen) atoms. The number of likely N-dealkylation sites (tertiary alicyclic amines) is 1. The summed E-state index contributed by atoms with van der Waals surface area (Å²) in [5.41, 5.74) is 1.04. The van der Waals surface area contributed by atoms with Crippen LogP contribution in [0.15, 0.2) is 18.2 Å². The summed E-state index contributed by atoms with van der Waals surface area (Å²) < 4.78 is 13.6. The molecule has 0 spiro atoms. The summed E-state index contributed by atoms with van der Waals surface area (Å²) >= 11 is 0. The highest BCUT2D eigenvalue weighted by Crippen LogP contribution is 2.10. The van der Waals surface area contributed by atoms with E-state index < -0.39 is 5.82 Å². The summed E-state index contributed by atoms with van der Waals surface area (Å²) in [5.74, 6) is -0.769. The summed E-state index contributed by atoms with van der Waals surface area (Å²) in [5, 5.41) is 2.80. The van der Waals surface area contributed by atoms with Crippen molar-refractivity contribution < 1.29 is 9.18 Å². The van der Waals surface area contributed by atoms with Crippen LogP contribution in [0.1, 0.15) is 41.6 Å². The van der Waals surface area contributed by atoms with Gasteiger partial charge in [-0.1, -0.05) is 18.1 Å². The maximum atomic E-state index is 13.6. The number of carbonyl (C=O) groups excluding carboxylic acids is 1. The molecule has 1 fully saturated rings. The zero-order chi connectivity index (χ0) is 14.4. The van der Waals surface area contributed by atoms with E-state index >= 15 is 0 Å². The van der Waals surface area contributed by atoms with Gasteiger partial charge in [0, 0.05) is 6.54 Å². The van der Waals surface area contributed by atoms with Gasteiger partial charge >= 0.3 is 0 Å². The van der Waals surface area contributed by atoms with E-state index in [1.165, 1.54) is 38.4 Å². The zero-order valence-corrected chi connectivity index (χ0v) is 12.1. The van der Waals surface area contributed by atoms with Crippen LogP contribution in [0.5, 0.6) is 0 Å². The van der Waals surface area contributed by atoms with Crippen LogP contribution in [0, 0.1) is 12.7 Å². The Morgan fingerprint density at radius 1 is 1.30 bits per heavy atom. The second kappa shape index (κ2) is 7.39. The summed E-state index contributed by atoms with van der Waals surface area (Å²) in [6, 6.07) is 4.61. The molecule has 1 N–H and O–H groups in total. The van der Waals surface area contributed by atoms with Crippen molar-refractivity contribution in [3.63, 3.8) is 0 Å². The summed E-state index contributed by atoms with van der Waals surface area (Å²) in [6.07, 6.45) is 4.81. The number of nitrogens with zero attached hydrogens (tertiary/aromatic N) is 1. The number of amides is 1. The number of rotatable bonds is 5. The summed E-state index contributed by atoms with van der Waals surface area (Å²) in [6.45, 7) is 5.80. The molecule has 1 heterocycles. The van der Waals surface area contributed by atoms with E-state index in [4.69, 9.17) is 0 Å². The Labute approximate surface area is 120 Å². The van der Waals surface area contributed by atoms with E-state index in [0.717, 1.165) is 18.5 Å². The predicted octanol–water partition coefficient (Wildman–Crippen LogP) is 2.74. The van der Waals surface area contributed by atoms with Gasteiger partial charge < -0.3 is 10.2 Å². The minimum Gasteiger partial charge on any atom is -0.352 e. The Balaban J connectivity index is 1.73. The van der Waals surface area contributed by atoms with E-state index in [2.05, 4.69) is 10.2 Å². The molecule has 110 valence electrons. The van der Waals surface area contributed by atoms with Crippen molar-refractivity contribution in [2.45, 2.75) is 32.6 Å². The first-order valence-electron chi connectivity index (χ1n) is 7.43. The van der Waals surface area contributed by atoms with Gasteiger partial charge in [-0.3, -0.25) is 4.79 Å². The van der Waals surface area contributed by atoms with E-state index in [9.17, 15) is 9.18 Å². The number of halogens is 1. The van der Waals surface area contributed by atoms with Gasteiger partial charge in [-0.2, -0.15) is 0 Å². The molecule has 4 heteroatoms. The number of carbonyl (C=O) groups is 1. The van der Waals surface area contributed by atoms with Gasteiger partial charge in [-0.05, 0) is 58.0 Å². The first-order valence-corrected chi connectivity index (χ1v) is 7.43. The highest BCUT2D eigenvalue weighted by atomic mass is 19.1. The van der Waals surface area contributed by atoms with Crippen LogP contribution in [0.2, 0.25) is 0 Å². The van der Waals surface area contributed by atoms with Gasteiger partial charge in [0.2, 0.25) is 0 Å². The van der Waals surface area contributed by atoms with Gasteiger partial charge in [0.25, 0.3) is 5.91 Å². The smallest absolute Gasteiger partial charge is 0.254 e. The third-order valence-corrected chi connectivity index (χ3v) is 3.75. The lowest BCUT2D eigenvalue weighted by atomic mass is 10.1. The van der Waals surface area contributed by atoms with Crippen LogP contribution in [-0.4, -0.2) is 37.0 Å². The summed E-state index contributed by atoms with van der Waals surface area (Å²) in [4.78, 5) is 14.3. The van der Waals surface area contributed by atoms with Crippen LogP contribution in [0.4, 0.5) is 4.39 Å². The van der Waals surface area contributed by atoms with Gasteiger partial charge in [-0.25, -0.2) is 4.39 Å². The number of hydrogen-bond acceptors (Lipinski definition) is 2. The van der Waals surface area contributed by atoms with E-state index in [1.54, 1.807) is 12.1 Å². The molecule has 0 aliphatic carbocycles. The fourth-order valence-corrected chi connectivity index (χ4v) is 2.60. The number of hydrogen-bond donors (Lipinski definition) is 1. The maximum Gasteiger partial charge on any atom is 0.254 e. The second-order valence-electron chi connectivity index (χ2n) is 5.50. The largest absolute Gasteiger partial charge is 0.352 e. The Morgan fingerprint density at radius 2 is 2.05 bits per heavy atom. The number of piperidine rings is 1. The maximum absolute atomic E-state index is 13.6. The van der Waals surface area contributed by atoms with Gasteiger partial charge in [0.05, 0.1) is 5.56 Å². The molecule has 0 radical (unpaired) electrons. The highest BCUT2D eigenvalue weighted by molar-refractivity contribution is 5.94. The van der Waals surface area contributed by atoms with Crippen LogP contribution in [0.25, 0.3) is 0 Å². The lowest BCUT2D eigenvalue weighted by Gasteiger charge is -2.26. The first kappa shape index (κ1) is 15.0. The molecule has 0 atom stereocenters. The Bertz CT molecular complexity index is 456. The van der Waals surface area contributed by atoms with Crippen molar-refractivity contribution in [2.24, 2.45) is 0 Å². The fourth-order valence-electron chi connectivity index (χ4n) is 2.60. The van der Waals surface area contributed by atoms with Crippen molar-refractivity contribution in [2.75, 3.05) is 26.2 Å². The molecule has 1 aliphatic heterocycles. The quantitative estimate of drug-likeness (QED) is 0.840. The van der Waals surface area contributed by atoms with Crippen molar-refractivity contribution >= 4 is 5.91 Å². The number of aryl methyl sites for hydroxylation is 1. The monoisotopic (exact) mass is 278 g/mol. The molecule has 1 amide bonds. The topological polar surface area (TPSA) is 32.3 Å². The van der Waals surface area contributed by atoms with E-state index in [1.807, 2.05) is 6.92 Å². The first-order chi connectivity index (χ1) is 9.66. The van der Waals surface area contributed by atoms with Crippen LogP contribution < -0.4 is 5.32 Å². The zero-order valence-electron chi connectivity index (χ0n) is 12.1. The highest BCUT2D eigenvalue weighted by Gasteiger charge is 2.12. The van der Waals surface area contributed by atoms with Gasteiger partial charge in [-0.15, -0.1) is 0 Å². The molecular formula is C16H23FN2O. The fraction of sp³-hybridized carbons (Fsp3) is 0.562. The van der Waals surface area contributed by atoms with Crippen LogP contribution in [-0.2, 0) is 0 Å². The molecule has 1 aliphatic rings. The lowest BCUT2D eigenvalue weighted by molar-refractivity contribution is 0.0947.